The van der Waals surface area contributed by atoms with Crippen molar-refractivity contribution in [3.8, 4) is 5.75 Å². The van der Waals surface area contributed by atoms with Gasteiger partial charge in [-0.2, -0.15) is 0 Å². The molecule has 138 valence electrons. The van der Waals surface area contributed by atoms with Gasteiger partial charge in [0, 0.05) is 19.3 Å². The molecule has 0 bridgehead atoms. The van der Waals surface area contributed by atoms with Crippen molar-refractivity contribution in [3.63, 3.8) is 0 Å². The molecule has 7 heteroatoms. The number of aromatic nitrogens is 2. The summed E-state index contributed by atoms with van der Waals surface area (Å²) in [6, 6.07) is 12.7. The second-order valence-corrected chi connectivity index (χ2v) is 5.77. The molecule has 1 aromatic carbocycles. The van der Waals surface area contributed by atoms with E-state index in [4.69, 9.17) is 4.74 Å². The second kappa shape index (κ2) is 8.18. The predicted octanol–water partition coefficient (Wildman–Crippen LogP) is 2.19. The Morgan fingerprint density at radius 3 is 2.63 bits per heavy atom. The number of methoxy groups -OCH3 is 1. The van der Waals surface area contributed by atoms with Crippen molar-refractivity contribution in [2.75, 3.05) is 13.7 Å². The Hall–Kier alpha value is -3.61. The van der Waals surface area contributed by atoms with Gasteiger partial charge in [0.05, 0.1) is 12.6 Å². The average molecular weight is 364 g/mol. The lowest BCUT2D eigenvalue weighted by atomic mass is 10.2. The first kappa shape index (κ1) is 18.2. The highest BCUT2D eigenvalue weighted by atomic mass is 16.5. The lowest BCUT2D eigenvalue weighted by molar-refractivity contribution is 0.0940. The summed E-state index contributed by atoms with van der Waals surface area (Å²) in [5.74, 6) is 0.185. The molecule has 7 nitrogen and oxygen atoms in total. The van der Waals surface area contributed by atoms with Crippen LogP contribution in [0.3, 0.4) is 0 Å². The molecule has 0 unspecified atom stereocenters. The van der Waals surface area contributed by atoms with Gasteiger partial charge in [-0.25, -0.2) is 4.98 Å². The average Bonchev–Trinajstić information content (AvgIpc) is 3.10. The number of nitrogens with one attached hydrogen (secondary N) is 2. The lowest BCUT2D eigenvalue weighted by Gasteiger charge is -2.06. The molecule has 0 aliphatic heterocycles. The first-order chi connectivity index (χ1) is 13.1. The minimum absolute atomic E-state index is 0.155. The van der Waals surface area contributed by atoms with Gasteiger partial charge >= 0.3 is 0 Å². The number of amides is 2. The molecule has 3 aromatic rings. The van der Waals surface area contributed by atoms with E-state index >= 15 is 0 Å². The third kappa shape index (κ3) is 3.98. The molecule has 0 atom stereocenters. The van der Waals surface area contributed by atoms with Crippen molar-refractivity contribution in [2.24, 2.45) is 0 Å². The normalized spacial score (nSPS) is 10.4. The predicted molar refractivity (Wildman–Crippen MR) is 102 cm³/mol. The SMILES string of the molecule is C=CCNC(=O)c1nc(C(=O)NCc2ccc(OC)cc2)n2ccccc12. The topological polar surface area (TPSA) is 84.7 Å². The molecule has 0 radical (unpaired) electrons. The molecule has 2 aromatic heterocycles. The summed E-state index contributed by atoms with van der Waals surface area (Å²) >= 11 is 0. The third-order valence-electron chi connectivity index (χ3n) is 3.99. The highest BCUT2D eigenvalue weighted by Gasteiger charge is 2.20. The van der Waals surface area contributed by atoms with Crippen LogP contribution >= 0.6 is 0 Å². The maximum Gasteiger partial charge on any atom is 0.287 e. The van der Waals surface area contributed by atoms with Crippen LogP contribution in [-0.4, -0.2) is 34.9 Å². The molecule has 0 aliphatic carbocycles. The summed E-state index contributed by atoms with van der Waals surface area (Å²) in [5, 5.41) is 5.51. The molecule has 0 saturated heterocycles. The molecule has 2 amide bonds. The number of nitrogens with zero attached hydrogens (tertiary/aromatic N) is 2. The van der Waals surface area contributed by atoms with E-state index in [1.807, 2.05) is 24.3 Å². The van der Waals surface area contributed by atoms with Crippen LogP contribution in [0.4, 0.5) is 0 Å². The Bertz CT molecular complexity index is 977. The van der Waals surface area contributed by atoms with Gasteiger partial charge < -0.3 is 15.4 Å². The smallest absolute Gasteiger partial charge is 0.287 e. The summed E-state index contributed by atoms with van der Waals surface area (Å²) in [5.41, 5.74) is 1.69. The van der Waals surface area contributed by atoms with Gasteiger partial charge in [0.1, 0.15) is 5.75 Å². The number of benzene rings is 1. The Morgan fingerprint density at radius 2 is 1.93 bits per heavy atom. The van der Waals surface area contributed by atoms with E-state index in [-0.39, 0.29) is 23.3 Å². The van der Waals surface area contributed by atoms with E-state index in [1.54, 1.807) is 42.0 Å². The maximum atomic E-state index is 12.6. The second-order valence-electron chi connectivity index (χ2n) is 5.77. The molecular formula is C20H20N4O3. The standard InChI is InChI=1S/C20H20N4O3/c1-3-11-21-19(25)17-16-6-4-5-12-24(16)18(23-17)20(26)22-13-14-7-9-15(27-2)10-8-14/h3-10,12H,1,11,13H2,2H3,(H,21,25)(H,22,26). The fourth-order valence-corrected chi connectivity index (χ4v) is 2.62. The Balaban J connectivity index is 1.81. The minimum atomic E-state index is -0.366. The lowest BCUT2D eigenvalue weighted by Crippen LogP contribution is -2.26. The molecular weight excluding hydrogens is 344 g/mol. The highest BCUT2D eigenvalue weighted by molar-refractivity contribution is 6.02. The number of rotatable bonds is 7. The van der Waals surface area contributed by atoms with Gasteiger partial charge in [-0.1, -0.05) is 24.3 Å². The number of ether oxygens (including phenoxy) is 1. The van der Waals surface area contributed by atoms with Crippen molar-refractivity contribution in [1.82, 2.24) is 20.0 Å². The molecule has 0 spiro atoms. The van der Waals surface area contributed by atoms with Crippen LogP contribution in [-0.2, 0) is 6.54 Å². The van der Waals surface area contributed by atoms with Gasteiger partial charge in [0.15, 0.2) is 5.69 Å². The maximum absolute atomic E-state index is 12.6. The molecule has 0 fully saturated rings. The van der Waals surface area contributed by atoms with E-state index in [2.05, 4.69) is 22.2 Å². The quantitative estimate of drug-likeness (QED) is 0.630. The third-order valence-corrected chi connectivity index (χ3v) is 3.99. The molecule has 3 rings (SSSR count). The fraction of sp³-hybridized carbons (Fsp3) is 0.150. The first-order valence-electron chi connectivity index (χ1n) is 8.41. The number of imidazole rings is 1. The molecule has 27 heavy (non-hydrogen) atoms. The Labute approximate surface area is 156 Å². The van der Waals surface area contributed by atoms with Crippen molar-refractivity contribution < 1.29 is 14.3 Å². The van der Waals surface area contributed by atoms with Crippen LogP contribution < -0.4 is 15.4 Å². The largest absolute Gasteiger partial charge is 0.497 e. The Kier molecular flexibility index (Phi) is 5.51. The zero-order valence-electron chi connectivity index (χ0n) is 14.9. The van der Waals surface area contributed by atoms with E-state index in [9.17, 15) is 9.59 Å². The van der Waals surface area contributed by atoms with E-state index in [0.29, 0.717) is 18.6 Å². The molecule has 2 N–H and O–H groups in total. The summed E-state index contributed by atoms with van der Waals surface area (Å²) < 4.78 is 6.72. The van der Waals surface area contributed by atoms with Crippen LogP contribution in [0.1, 0.15) is 26.7 Å². The number of carbonyl (C=O) groups is 2. The fourth-order valence-electron chi connectivity index (χ4n) is 2.62. The van der Waals surface area contributed by atoms with E-state index < -0.39 is 0 Å². The summed E-state index contributed by atoms with van der Waals surface area (Å²) in [4.78, 5) is 29.2. The van der Waals surface area contributed by atoms with Crippen LogP contribution in [0.15, 0.2) is 61.3 Å². The summed E-state index contributed by atoms with van der Waals surface area (Å²) in [6.45, 7) is 4.23. The van der Waals surface area contributed by atoms with Crippen molar-refractivity contribution in [3.05, 3.63) is 78.4 Å². The van der Waals surface area contributed by atoms with E-state index in [1.165, 1.54) is 0 Å². The van der Waals surface area contributed by atoms with Crippen LogP contribution in [0.2, 0.25) is 0 Å². The number of fused-ring (bicyclic) bond motifs is 1. The van der Waals surface area contributed by atoms with Crippen LogP contribution in [0.5, 0.6) is 5.75 Å². The van der Waals surface area contributed by atoms with Gasteiger partial charge in [0.2, 0.25) is 5.82 Å². The number of hydrogen-bond donors (Lipinski definition) is 2. The molecule has 0 aliphatic rings. The van der Waals surface area contributed by atoms with Gasteiger partial charge in [-0.15, -0.1) is 6.58 Å². The van der Waals surface area contributed by atoms with Crippen LogP contribution in [0, 0.1) is 0 Å². The number of carbonyl (C=O) groups excluding carboxylic acids is 2. The Morgan fingerprint density at radius 1 is 1.15 bits per heavy atom. The first-order valence-corrected chi connectivity index (χ1v) is 8.41. The number of hydrogen-bond acceptors (Lipinski definition) is 4. The van der Waals surface area contributed by atoms with Crippen molar-refractivity contribution >= 4 is 17.3 Å². The summed E-state index contributed by atoms with van der Waals surface area (Å²) in [6.07, 6.45) is 3.29. The molecule has 0 saturated carbocycles. The van der Waals surface area contributed by atoms with Gasteiger partial charge in [-0.05, 0) is 29.8 Å². The summed E-state index contributed by atoms with van der Waals surface area (Å²) in [7, 11) is 1.60. The van der Waals surface area contributed by atoms with E-state index in [0.717, 1.165) is 11.3 Å². The number of pyridine rings is 1. The van der Waals surface area contributed by atoms with Gasteiger partial charge in [-0.3, -0.25) is 14.0 Å². The monoisotopic (exact) mass is 364 g/mol. The van der Waals surface area contributed by atoms with Gasteiger partial charge in [0.25, 0.3) is 11.8 Å². The highest BCUT2D eigenvalue weighted by Crippen LogP contribution is 2.14. The van der Waals surface area contributed by atoms with Crippen LogP contribution in [0.25, 0.3) is 5.52 Å². The zero-order chi connectivity index (χ0) is 19.2. The zero-order valence-corrected chi connectivity index (χ0v) is 14.9. The van der Waals surface area contributed by atoms with Crippen molar-refractivity contribution in [1.29, 1.82) is 0 Å². The van der Waals surface area contributed by atoms with Crippen molar-refractivity contribution in [2.45, 2.75) is 6.54 Å². The molecule has 2 heterocycles. The minimum Gasteiger partial charge on any atom is -0.497 e.